The van der Waals surface area contributed by atoms with Gasteiger partial charge >= 0.3 is 11.8 Å². The van der Waals surface area contributed by atoms with Crippen LogP contribution >= 0.6 is 0 Å². The lowest BCUT2D eigenvalue weighted by Crippen LogP contribution is -2.34. The van der Waals surface area contributed by atoms with Gasteiger partial charge in [0.25, 0.3) is 0 Å². The maximum Gasteiger partial charge on any atom is 0.423 e. The third-order valence-electron chi connectivity index (χ3n) is 3.51. The predicted octanol–water partition coefficient (Wildman–Crippen LogP) is 2.98. The Bertz CT molecular complexity index is 978. The van der Waals surface area contributed by atoms with Crippen molar-refractivity contribution in [3.05, 3.63) is 53.1 Å². The van der Waals surface area contributed by atoms with Gasteiger partial charge in [-0.3, -0.25) is 4.57 Å². The Morgan fingerprint density at radius 3 is 2.32 bits per heavy atom. The largest absolute Gasteiger partial charge is 0.481 e. The molecule has 0 spiro atoms. The molecule has 25 heavy (non-hydrogen) atoms. The molecule has 7 heteroatoms. The highest BCUT2D eigenvalue weighted by Gasteiger charge is 2.24. The van der Waals surface area contributed by atoms with Crippen LogP contribution in [0, 0.1) is 0 Å². The fraction of sp³-hybridized carbons (Fsp3) is 0.278. The van der Waals surface area contributed by atoms with Crippen molar-refractivity contribution in [2.24, 2.45) is 0 Å². The van der Waals surface area contributed by atoms with E-state index in [1.54, 1.807) is 57.2 Å². The van der Waals surface area contributed by atoms with Crippen LogP contribution in [-0.2, 0) is 4.74 Å². The molecule has 130 valence electrons. The molecule has 0 aliphatic carbocycles. The van der Waals surface area contributed by atoms with Crippen molar-refractivity contribution in [1.82, 2.24) is 14.1 Å². The minimum absolute atomic E-state index is 0.438. The number of methoxy groups -OCH3 is 1. The monoisotopic (exact) mass is 341 g/mol. The van der Waals surface area contributed by atoms with Gasteiger partial charge in [-0.1, -0.05) is 12.1 Å². The molecule has 0 amide bonds. The summed E-state index contributed by atoms with van der Waals surface area (Å²) < 4.78 is 12.9. The van der Waals surface area contributed by atoms with Crippen molar-refractivity contribution in [1.29, 1.82) is 0 Å². The second-order valence-electron chi connectivity index (χ2n) is 6.48. The molecule has 0 saturated heterocycles. The van der Waals surface area contributed by atoms with Gasteiger partial charge < -0.3 is 9.47 Å². The molecule has 0 saturated carbocycles. The van der Waals surface area contributed by atoms with Crippen LogP contribution in [0.1, 0.15) is 20.8 Å². The molecule has 0 atom stereocenters. The fourth-order valence-corrected chi connectivity index (χ4v) is 2.51. The first-order valence-electron chi connectivity index (χ1n) is 7.78. The Morgan fingerprint density at radius 2 is 1.76 bits per heavy atom. The van der Waals surface area contributed by atoms with Gasteiger partial charge in [-0.25, -0.2) is 14.6 Å². The van der Waals surface area contributed by atoms with Gasteiger partial charge in [0.05, 0.1) is 30.0 Å². The molecule has 3 aromatic rings. The summed E-state index contributed by atoms with van der Waals surface area (Å²) in [5.41, 5.74) is 0.371. The van der Waals surface area contributed by atoms with Gasteiger partial charge in [-0.2, -0.15) is 4.57 Å². The first-order valence-corrected chi connectivity index (χ1v) is 7.78. The predicted molar refractivity (Wildman–Crippen MR) is 93.5 cm³/mol. The number of benzene rings is 1. The standard InChI is InChI=1S/C18H19N3O4/c1-18(2,3)25-17(23)21-14-8-6-5-7-13(14)20(16(21)22)12-9-10-15(24-4)19-11-12/h5-11H,1-4H3. The molecule has 3 rings (SSSR count). The average Bonchev–Trinajstić information content (AvgIpc) is 2.85. The molecule has 1 aromatic carbocycles. The summed E-state index contributed by atoms with van der Waals surface area (Å²) in [5, 5.41) is 0. The Hall–Kier alpha value is -3.09. The molecule has 0 aliphatic heterocycles. The van der Waals surface area contributed by atoms with E-state index in [1.807, 2.05) is 0 Å². The topological polar surface area (TPSA) is 75.3 Å². The molecule has 0 N–H and O–H groups in total. The van der Waals surface area contributed by atoms with Crippen LogP contribution in [0.5, 0.6) is 5.88 Å². The van der Waals surface area contributed by atoms with E-state index in [0.717, 1.165) is 4.57 Å². The molecule has 0 unspecified atom stereocenters. The molecular weight excluding hydrogens is 322 g/mol. The Morgan fingerprint density at radius 1 is 1.08 bits per heavy atom. The summed E-state index contributed by atoms with van der Waals surface area (Å²) in [6.07, 6.45) is 0.806. The second-order valence-corrected chi connectivity index (χ2v) is 6.48. The van der Waals surface area contributed by atoms with E-state index in [2.05, 4.69) is 4.98 Å². The lowest BCUT2D eigenvalue weighted by molar-refractivity contribution is 0.0538. The summed E-state index contributed by atoms with van der Waals surface area (Å²) >= 11 is 0. The zero-order valence-corrected chi connectivity index (χ0v) is 14.5. The Labute approximate surface area is 144 Å². The maximum atomic E-state index is 12.9. The van der Waals surface area contributed by atoms with Crippen molar-refractivity contribution in [3.8, 4) is 11.6 Å². The smallest absolute Gasteiger partial charge is 0.423 e. The molecule has 2 aromatic heterocycles. The lowest BCUT2D eigenvalue weighted by Gasteiger charge is -2.19. The molecule has 0 bridgehead atoms. The van der Waals surface area contributed by atoms with Gasteiger partial charge in [0.2, 0.25) is 5.88 Å². The summed E-state index contributed by atoms with van der Waals surface area (Å²) in [4.78, 5) is 29.6. The van der Waals surface area contributed by atoms with Crippen LogP contribution in [0.15, 0.2) is 47.4 Å². The van der Waals surface area contributed by atoms with Crippen LogP contribution in [0.25, 0.3) is 16.7 Å². The summed E-state index contributed by atoms with van der Waals surface area (Å²) in [7, 11) is 1.52. The number of nitrogens with zero attached hydrogens (tertiary/aromatic N) is 3. The number of ether oxygens (including phenoxy) is 2. The van der Waals surface area contributed by atoms with Crippen molar-refractivity contribution in [2.45, 2.75) is 26.4 Å². The van der Waals surface area contributed by atoms with Crippen LogP contribution in [0.4, 0.5) is 4.79 Å². The van der Waals surface area contributed by atoms with Crippen molar-refractivity contribution < 1.29 is 14.3 Å². The molecule has 2 heterocycles. The van der Waals surface area contributed by atoms with Crippen LogP contribution in [0.2, 0.25) is 0 Å². The van der Waals surface area contributed by atoms with Crippen molar-refractivity contribution in [3.63, 3.8) is 0 Å². The van der Waals surface area contributed by atoms with E-state index in [9.17, 15) is 9.59 Å². The first-order chi connectivity index (χ1) is 11.8. The van der Waals surface area contributed by atoms with Gasteiger partial charge in [-0.15, -0.1) is 0 Å². The molecule has 0 aliphatic rings. The molecule has 0 fully saturated rings. The van der Waals surface area contributed by atoms with E-state index in [0.29, 0.717) is 22.6 Å². The highest BCUT2D eigenvalue weighted by molar-refractivity contribution is 5.88. The third-order valence-corrected chi connectivity index (χ3v) is 3.51. The van der Waals surface area contributed by atoms with Crippen LogP contribution in [0.3, 0.4) is 0 Å². The van der Waals surface area contributed by atoms with Crippen molar-refractivity contribution in [2.75, 3.05) is 7.11 Å². The second kappa shape index (κ2) is 6.08. The highest BCUT2D eigenvalue weighted by Crippen LogP contribution is 2.19. The van der Waals surface area contributed by atoms with Crippen molar-refractivity contribution >= 4 is 17.1 Å². The van der Waals surface area contributed by atoms with Gasteiger partial charge in [0.1, 0.15) is 5.60 Å². The number of pyridine rings is 1. The van der Waals surface area contributed by atoms with Gasteiger partial charge in [-0.05, 0) is 39.0 Å². The highest BCUT2D eigenvalue weighted by atomic mass is 16.6. The zero-order valence-electron chi connectivity index (χ0n) is 14.5. The minimum Gasteiger partial charge on any atom is -0.481 e. The van der Waals surface area contributed by atoms with E-state index < -0.39 is 17.4 Å². The van der Waals surface area contributed by atoms with E-state index >= 15 is 0 Å². The van der Waals surface area contributed by atoms with E-state index in [4.69, 9.17) is 9.47 Å². The zero-order chi connectivity index (χ0) is 18.2. The number of rotatable bonds is 2. The number of hydrogen-bond donors (Lipinski definition) is 0. The number of para-hydroxylation sites is 2. The number of aromatic nitrogens is 3. The quantitative estimate of drug-likeness (QED) is 0.716. The number of hydrogen-bond acceptors (Lipinski definition) is 5. The summed E-state index contributed by atoms with van der Waals surface area (Å²) in [6.45, 7) is 5.26. The molecular formula is C18H19N3O4. The summed E-state index contributed by atoms with van der Waals surface area (Å²) in [5.74, 6) is 0.438. The fourth-order valence-electron chi connectivity index (χ4n) is 2.51. The first kappa shape index (κ1) is 16.8. The maximum absolute atomic E-state index is 12.9. The number of imidazole rings is 1. The SMILES string of the molecule is COc1ccc(-n2c(=O)n(C(=O)OC(C)(C)C)c3ccccc32)cn1. The molecule has 0 radical (unpaired) electrons. The average molecular weight is 341 g/mol. The van der Waals surface area contributed by atoms with E-state index in [1.165, 1.54) is 17.9 Å². The Balaban J connectivity index is 2.22. The summed E-state index contributed by atoms with van der Waals surface area (Å²) in [6, 6.07) is 10.4. The van der Waals surface area contributed by atoms with Crippen LogP contribution < -0.4 is 10.4 Å². The minimum atomic E-state index is -0.714. The normalized spacial score (nSPS) is 11.5. The van der Waals surface area contributed by atoms with Crippen LogP contribution in [-0.4, -0.2) is 32.9 Å². The van der Waals surface area contributed by atoms with Gasteiger partial charge in [0.15, 0.2) is 0 Å². The van der Waals surface area contributed by atoms with Gasteiger partial charge in [0, 0.05) is 6.07 Å². The number of carbonyl (C=O) groups excluding carboxylic acids is 1. The third kappa shape index (κ3) is 3.13. The lowest BCUT2D eigenvalue weighted by atomic mass is 10.2. The Kier molecular flexibility index (Phi) is 4.08. The number of carbonyl (C=O) groups is 1. The van der Waals surface area contributed by atoms with E-state index in [-0.39, 0.29) is 0 Å². The number of fused-ring (bicyclic) bond motifs is 1. The molecule has 7 nitrogen and oxygen atoms in total.